The van der Waals surface area contributed by atoms with Crippen molar-refractivity contribution >= 4 is 67.7 Å². The molecule has 0 radical (unpaired) electrons. The molecule has 4 aromatic rings. The minimum absolute atomic E-state index is 0.113. The Bertz CT molecular complexity index is 1760. The highest BCUT2D eigenvalue weighted by Gasteiger charge is 2.20. The van der Waals surface area contributed by atoms with E-state index in [1.54, 1.807) is 36.4 Å². The molecule has 1 aromatic heterocycles. The summed E-state index contributed by atoms with van der Waals surface area (Å²) < 4.78 is 26.9. The summed E-state index contributed by atoms with van der Waals surface area (Å²) in [5.74, 6) is -0.130. The molecule has 0 saturated carbocycles. The van der Waals surface area contributed by atoms with Gasteiger partial charge in [0.1, 0.15) is 11.4 Å². The maximum absolute atomic E-state index is 13.5. The molecule has 0 unspecified atom stereocenters. The maximum atomic E-state index is 13.5. The van der Waals surface area contributed by atoms with Crippen LogP contribution in [0.5, 0.6) is 0 Å². The lowest BCUT2D eigenvalue weighted by molar-refractivity contribution is 0.102. The molecule has 1 saturated heterocycles. The van der Waals surface area contributed by atoms with Crippen molar-refractivity contribution in [3.63, 3.8) is 0 Å². The van der Waals surface area contributed by atoms with Gasteiger partial charge in [0.2, 0.25) is 5.95 Å². The summed E-state index contributed by atoms with van der Waals surface area (Å²) >= 11 is 6.36. The molecule has 3 aromatic carbocycles. The fraction of sp³-hybridized carbons (Fsp3) is 0.194. The monoisotopic (exact) mass is 632 g/mol. The number of amides is 1. The molecule has 1 aliphatic heterocycles. The summed E-state index contributed by atoms with van der Waals surface area (Å²) in [5, 5.41) is 10.4. The van der Waals surface area contributed by atoms with Crippen molar-refractivity contribution in [2.24, 2.45) is 0 Å². The molecule has 1 fully saturated rings. The smallest absolute Gasteiger partial charge is 0.261 e. The van der Waals surface area contributed by atoms with Crippen molar-refractivity contribution in [3.8, 4) is 0 Å². The molecular weight excluding hydrogens is 600 g/mol. The van der Waals surface area contributed by atoms with E-state index in [0.717, 1.165) is 48.5 Å². The third-order valence-electron chi connectivity index (χ3n) is 7.14. The standard InChI is InChI=1S/C31H33ClN8O3S/c1-4-44(42,43)38-27-11-6-5-10-26(27)35-29-24(30(41)36-28-21(2)8-7-9-25(28)32)20-33-31(37-29)34-22-12-14-23(15-13-22)40-18-16-39(3)17-19-40/h4-15,20,38H,1,16-19H2,2-3H3,(H,36,41)(H2,33,34,35,37). The number of nitrogens with zero attached hydrogens (tertiary/aromatic N) is 4. The number of hydrogen-bond donors (Lipinski definition) is 4. The first kappa shape index (κ1) is 30.8. The summed E-state index contributed by atoms with van der Waals surface area (Å²) in [6.07, 6.45) is 1.40. The number of halogens is 1. The quantitative estimate of drug-likeness (QED) is 0.171. The SMILES string of the molecule is C=CS(=O)(=O)Nc1ccccc1Nc1nc(Nc2ccc(N3CCN(C)CC3)cc2)ncc1C(=O)Nc1c(C)cccc1Cl. The minimum atomic E-state index is -3.80. The molecule has 228 valence electrons. The first-order valence-corrected chi connectivity index (χ1v) is 15.8. The molecule has 13 heteroatoms. The number of aromatic nitrogens is 2. The first-order valence-electron chi connectivity index (χ1n) is 13.9. The Labute approximate surface area is 262 Å². The average Bonchev–Trinajstić information content (AvgIpc) is 3.01. The Morgan fingerprint density at radius 1 is 0.955 bits per heavy atom. The van der Waals surface area contributed by atoms with Crippen LogP contribution in [0.4, 0.5) is 40.2 Å². The Morgan fingerprint density at radius 2 is 1.66 bits per heavy atom. The number of likely N-dealkylation sites (N-methyl/N-ethyl adjacent to an activating group) is 1. The average molecular weight is 633 g/mol. The van der Waals surface area contributed by atoms with Crippen molar-refractivity contribution < 1.29 is 13.2 Å². The van der Waals surface area contributed by atoms with Crippen LogP contribution in [-0.2, 0) is 10.0 Å². The van der Waals surface area contributed by atoms with Crippen LogP contribution in [0.1, 0.15) is 15.9 Å². The summed E-state index contributed by atoms with van der Waals surface area (Å²) in [6.45, 7) is 9.13. The predicted molar refractivity (Wildman–Crippen MR) is 178 cm³/mol. The highest BCUT2D eigenvalue weighted by atomic mass is 35.5. The van der Waals surface area contributed by atoms with Gasteiger partial charge in [0.25, 0.3) is 15.9 Å². The van der Waals surface area contributed by atoms with Gasteiger partial charge in [0, 0.05) is 49.2 Å². The molecular formula is C31H33ClN8O3S. The van der Waals surface area contributed by atoms with Crippen molar-refractivity contribution in [2.75, 3.05) is 58.8 Å². The van der Waals surface area contributed by atoms with Gasteiger partial charge in [-0.3, -0.25) is 9.52 Å². The number of para-hydroxylation sites is 3. The molecule has 2 heterocycles. The van der Waals surface area contributed by atoms with Crippen LogP contribution in [0, 0.1) is 6.92 Å². The van der Waals surface area contributed by atoms with Gasteiger partial charge in [-0.05, 0) is 62.0 Å². The molecule has 44 heavy (non-hydrogen) atoms. The van der Waals surface area contributed by atoms with E-state index in [9.17, 15) is 13.2 Å². The van der Waals surface area contributed by atoms with Crippen LogP contribution in [0.15, 0.2) is 84.9 Å². The van der Waals surface area contributed by atoms with E-state index in [2.05, 4.69) is 54.1 Å². The lowest BCUT2D eigenvalue weighted by atomic mass is 10.2. The van der Waals surface area contributed by atoms with Crippen molar-refractivity contribution in [3.05, 3.63) is 101 Å². The third kappa shape index (κ3) is 7.46. The van der Waals surface area contributed by atoms with Crippen LogP contribution in [0.2, 0.25) is 5.02 Å². The second kappa shape index (κ2) is 13.3. The second-order valence-electron chi connectivity index (χ2n) is 10.3. The van der Waals surface area contributed by atoms with Gasteiger partial charge in [-0.2, -0.15) is 4.98 Å². The molecule has 0 spiro atoms. The Kier molecular flexibility index (Phi) is 9.33. The minimum Gasteiger partial charge on any atom is -0.369 e. The number of aryl methyl sites for hydroxylation is 1. The van der Waals surface area contributed by atoms with Gasteiger partial charge < -0.3 is 25.8 Å². The highest BCUT2D eigenvalue weighted by Crippen LogP contribution is 2.30. The molecule has 0 bridgehead atoms. The zero-order valence-corrected chi connectivity index (χ0v) is 25.9. The van der Waals surface area contributed by atoms with E-state index >= 15 is 0 Å². The number of anilines is 7. The molecule has 5 rings (SSSR count). The zero-order chi connectivity index (χ0) is 31.3. The number of piperazine rings is 1. The lowest BCUT2D eigenvalue weighted by Gasteiger charge is -2.34. The Morgan fingerprint density at radius 3 is 2.34 bits per heavy atom. The van der Waals surface area contributed by atoms with Crippen LogP contribution in [0.25, 0.3) is 0 Å². The van der Waals surface area contributed by atoms with Crippen LogP contribution in [0.3, 0.4) is 0 Å². The zero-order valence-electron chi connectivity index (χ0n) is 24.3. The summed E-state index contributed by atoms with van der Waals surface area (Å²) in [7, 11) is -1.67. The molecule has 0 atom stereocenters. The van der Waals surface area contributed by atoms with E-state index < -0.39 is 15.9 Å². The number of carbonyl (C=O) groups excluding carboxylic acids is 1. The number of rotatable bonds is 10. The fourth-order valence-electron chi connectivity index (χ4n) is 4.63. The number of nitrogens with one attached hydrogen (secondary N) is 4. The van der Waals surface area contributed by atoms with Gasteiger partial charge >= 0.3 is 0 Å². The normalized spacial score (nSPS) is 13.7. The third-order valence-corrected chi connectivity index (χ3v) is 8.40. The van der Waals surface area contributed by atoms with Gasteiger partial charge in [-0.15, -0.1) is 0 Å². The van der Waals surface area contributed by atoms with Crippen LogP contribution < -0.4 is 25.6 Å². The molecule has 11 nitrogen and oxygen atoms in total. The number of benzene rings is 3. The van der Waals surface area contributed by atoms with Gasteiger partial charge in [-0.1, -0.05) is 42.4 Å². The van der Waals surface area contributed by atoms with E-state index in [1.165, 1.54) is 6.20 Å². The van der Waals surface area contributed by atoms with E-state index in [4.69, 9.17) is 11.6 Å². The molecule has 0 aliphatic carbocycles. The molecule has 1 amide bonds. The number of hydrogen-bond acceptors (Lipinski definition) is 9. The van der Waals surface area contributed by atoms with E-state index in [-0.39, 0.29) is 23.0 Å². The highest BCUT2D eigenvalue weighted by molar-refractivity contribution is 7.95. The Balaban J connectivity index is 1.45. The Hall–Kier alpha value is -4.65. The van der Waals surface area contributed by atoms with Crippen molar-refractivity contribution in [1.82, 2.24) is 14.9 Å². The van der Waals surface area contributed by atoms with Crippen molar-refractivity contribution in [2.45, 2.75) is 6.92 Å². The predicted octanol–water partition coefficient (Wildman–Crippen LogP) is 5.81. The summed E-state index contributed by atoms with van der Waals surface area (Å²) in [4.78, 5) is 27.2. The largest absolute Gasteiger partial charge is 0.369 e. The second-order valence-corrected chi connectivity index (χ2v) is 12.3. The van der Waals surface area contributed by atoms with Gasteiger partial charge in [0.15, 0.2) is 0 Å². The molecule has 4 N–H and O–H groups in total. The van der Waals surface area contributed by atoms with Gasteiger partial charge in [0.05, 0.1) is 22.1 Å². The van der Waals surface area contributed by atoms with E-state index in [0.29, 0.717) is 16.4 Å². The van der Waals surface area contributed by atoms with Crippen LogP contribution >= 0.6 is 11.6 Å². The lowest BCUT2D eigenvalue weighted by Crippen LogP contribution is -2.44. The van der Waals surface area contributed by atoms with Crippen molar-refractivity contribution in [1.29, 1.82) is 0 Å². The number of carbonyl (C=O) groups is 1. The molecule has 1 aliphatic rings. The topological polar surface area (TPSA) is 132 Å². The maximum Gasteiger partial charge on any atom is 0.261 e. The summed E-state index contributed by atoms with van der Waals surface area (Å²) in [6, 6.07) is 19.9. The number of sulfonamides is 1. The van der Waals surface area contributed by atoms with Gasteiger partial charge in [-0.25, -0.2) is 13.4 Å². The summed E-state index contributed by atoms with van der Waals surface area (Å²) in [5.41, 5.74) is 3.86. The van der Waals surface area contributed by atoms with Crippen LogP contribution in [-0.4, -0.2) is 62.4 Å². The van der Waals surface area contributed by atoms with E-state index in [1.807, 2.05) is 37.3 Å². The first-order chi connectivity index (χ1) is 21.1. The fourth-order valence-corrected chi connectivity index (χ4v) is 5.46.